The van der Waals surface area contributed by atoms with Crippen LogP contribution in [0.15, 0.2) is 42.0 Å². The van der Waals surface area contributed by atoms with Crippen LogP contribution in [0.5, 0.6) is 5.75 Å². The Bertz CT molecular complexity index is 1360. The summed E-state index contributed by atoms with van der Waals surface area (Å²) in [5.74, 6) is -8.52. The topological polar surface area (TPSA) is 96.5 Å². The fourth-order valence-corrected chi connectivity index (χ4v) is 5.37. The third-order valence-corrected chi connectivity index (χ3v) is 7.07. The number of amides is 3. The third kappa shape index (κ3) is 5.43. The molecule has 4 atom stereocenters. The zero-order chi connectivity index (χ0) is 28.6. The summed E-state index contributed by atoms with van der Waals surface area (Å²) < 4.78 is 85.8. The fraction of sp³-hybridized carbons (Fsp3) is 0.346. The minimum atomic E-state index is -5.00. The lowest BCUT2D eigenvalue weighted by Crippen LogP contribution is -2.48. The number of carbonyl (C=O) groups is 3. The van der Waals surface area contributed by atoms with Gasteiger partial charge in [0.1, 0.15) is 11.6 Å². The number of alkyl halides is 3. The molecule has 2 saturated carbocycles. The second-order valence-corrected chi connectivity index (χ2v) is 9.22. The largest absolute Gasteiger partial charge is 0.496 e. The number of nitrogens with one attached hydrogen (secondary N) is 3. The van der Waals surface area contributed by atoms with Gasteiger partial charge in [-0.25, -0.2) is 13.2 Å². The number of anilines is 1. The first kappa shape index (κ1) is 28.0. The molecule has 2 bridgehead atoms. The normalized spacial score (nSPS) is 23.0. The summed E-state index contributed by atoms with van der Waals surface area (Å²) in [5.41, 5.74) is -1.67. The van der Waals surface area contributed by atoms with Crippen LogP contribution >= 0.6 is 0 Å². The molecular weight excluding hydrogens is 532 g/mol. The van der Waals surface area contributed by atoms with Crippen LogP contribution in [-0.4, -0.2) is 37.9 Å². The predicted molar refractivity (Wildman–Crippen MR) is 126 cm³/mol. The smallest absolute Gasteiger partial charge is 0.419 e. The fourth-order valence-electron chi connectivity index (χ4n) is 5.37. The molecule has 0 aliphatic heterocycles. The van der Waals surface area contributed by atoms with Crippen LogP contribution in [0.3, 0.4) is 0 Å². The van der Waals surface area contributed by atoms with E-state index in [1.54, 1.807) is 0 Å². The van der Waals surface area contributed by atoms with Crippen LogP contribution < -0.4 is 20.7 Å². The minimum absolute atomic E-state index is 0.261. The van der Waals surface area contributed by atoms with Crippen LogP contribution in [0.4, 0.5) is 32.0 Å². The average molecular weight is 555 g/mol. The van der Waals surface area contributed by atoms with Crippen molar-refractivity contribution in [1.29, 1.82) is 0 Å². The molecule has 0 saturated heterocycles. The van der Waals surface area contributed by atoms with Gasteiger partial charge in [-0.15, -0.1) is 0 Å². The average Bonchev–Trinajstić information content (AvgIpc) is 3.39. The van der Waals surface area contributed by atoms with Crippen LogP contribution in [-0.2, 0) is 15.8 Å². The van der Waals surface area contributed by atoms with Crippen LogP contribution in [0, 0.1) is 35.2 Å². The highest BCUT2D eigenvalue weighted by Crippen LogP contribution is 2.53. The van der Waals surface area contributed by atoms with E-state index in [9.17, 15) is 40.7 Å². The predicted octanol–water partition coefficient (Wildman–Crippen LogP) is 4.20. The zero-order valence-electron chi connectivity index (χ0n) is 20.6. The monoisotopic (exact) mass is 555 g/mol. The standard InChI is InChI=1S/C26H23F6N3O4/c1-33-21(36)9-14-12-4-5-13(14)23(35-24(37)15-8-18(28)19(29)10-20(15)39-2)22(12)25(38)34-11-3-6-17(27)16(7-11)26(30,31)32/h3,6-10,12-13,22-23H,4-5H2,1-2H3,(H,33,36)(H,34,38)(H,35,37)/b14-9-/t12?,13?,22-,23+/m0/s1. The lowest BCUT2D eigenvalue weighted by molar-refractivity contribution is -0.140. The molecule has 2 fully saturated rings. The van der Waals surface area contributed by atoms with Gasteiger partial charge in [0.15, 0.2) is 11.6 Å². The molecule has 2 aromatic rings. The Balaban J connectivity index is 1.68. The van der Waals surface area contributed by atoms with E-state index in [4.69, 9.17) is 4.74 Å². The molecule has 13 heteroatoms. The van der Waals surface area contributed by atoms with Gasteiger partial charge in [-0.3, -0.25) is 14.4 Å². The maximum absolute atomic E-state index is 13.9. The summed E-state index contributed by atoms with van der Waals surface area (Å²) in [6.07, 6.45) is -2.76. The first-order valence-corrected chi connectivity index (χ1v) is 11.8. The molecule has 2 aromatic carbocycles. The minimum Gasteiger partial charge on any atom is -0.496 e. The first-order chi connectivity index (χ1) is 18.3. The summed E-state index contributed by atoms with van der Waals surface area (Å²) in [5, 5.41) is 7.45. The molecule has 3 amide bonds. The van der Waals surface area contributed by atoms with Crippen molar-refractivity contribution in [3.8, 4) is 5.75 Å². The van der Waals surface area contributed by atoms with Crippen LogP contribution in [0.2, 0.25) is 0 Å². The van der Waals surface area contributed by atoms with Gasteiger partial charge in [-0.05, 0) is 43.0 Å². The molecule has 0 spiro atoms. The molecule has 208 valence electrons. The summed E-state index contributed by atoms with van der Waals surface area (Å²) in [4.78, 5) is 38.7. The third-order valence-electron chi connectivity index (χ3n) is 7.07. The number of benzene rings is 2. The van der Waals surface area contributed by atoms with Gasteiger partial charge in [-0.1, -0.05) is 5.57 Å². The summed E-state index contributed by atoms with van der Waals surface area (Å²) >= 11 is 0. The number of fused-ring (bicyclic) bond motifs is 2. The number of hydrogen-bond donors (Lipinski definition) is 3. The summed E-state index contributed by atoms with van der Waals surface area (Å²) in [6, 6.07) is 2.39. The van der Waals surface area contributed by atoms with E-state index < -0.39 is 70.7 Å². The quantitative estimate of drug-likeness (QED) is 0.368. The highest BCUT2D eigenvalue weighted by Gasteiger charge is 2.55. The van der Waals surface area contributed by atoms with Gasteiger partial charge in [0.2, 0.25) is 11.8 Å². The number of methoxy groups -OCH3 is 1. The number of ether oxygens (including phenoxy) is 1. The van der Waals surface area contributed by atoms with Crippen molar-refractivity contribution in [2.75, 3.05) is 19.5 Å². The SMILES string of the molecule is CNC(=O)/C=C1\C2CCC1[C@H](C(=O)Nc1ccc(F)c(C(F)(F)F)c1)[C@@H]2NC(=O)c1cc(F)c(F)cc1OC. The Kier molecular flexibility index (Phi) is 7.62. The second kappa shape index (κ2) is 10.6. The second-order valence-electron chi connectivity index (χ2n) is 9.22. The van der Waals surface area contributed by atoms with Crippen LogP contribution in [0.1, 0.15) is 28.8 Å². The van der Waals surface area contributed by atoms with E-state index in [0.717, 1.165) is 13.2 Å². The number of rotatable bonds is 6. The molecule has 3 N–H and O–H groups in total. The van der Waals surface area contributed by atoms with E-state index in [0.29, 0.717) is 42.7 Å². The number of hydrogen-bond acceptors (Lipinski definition) is 4. The maximum atomic E-state index is 13.9. The molecule has 4 rings (SSSR count). The molecule has 7 nitrogen and oxygen atoms in total. The van der Waals surface area contributed by atoms with E-state index in [1.807, 2.05) is 0 Å². The number of carbonyl (C=O) groups excluding carboxylic acids is 3. The van der Waals surface area contributed by atoms with Crippen molar-refractivity contribution >= 4 is 23.4 Å². The van der Waals surface area contributed by atoms with E-state index in [2.05, 4.69) is 16.0 Å². The van der Waals surface area contributed by atoms with Gasteiger partial charge in [0.25, 0.3) is 5.91 Å². The van der Waals surface area contributed by atoms with E-state index in [1.165, 1.54) is 13.1 Å². The number of likely N-dealkylation sites (N-methyl/N-ethyl adjacent to an activating group) is 1. The maximum Gasteiger partial charge on any atom is 0.419 e. The lowest BCUT2D eigenvalue weighted by atomic mass is 9.83. The van der Waals surface area contributed by atoms with Gasteiger partial charge in [0.05, 0.1) is 24.2 Å². The Labute approximate surface area is 218 Å². The Morgan fingerprint density at radius 1 is 0.974 bits per heavy atom. The molecule has 0 radical (unpaired) electrons. The summed E-state index contributed by atoms with van der Waals surface area (Å²) in [7, 11) is 2.56. The molecular formula is C26H23F6N3O4. The van der Waals surface area contributed by atoms with Crippen molar-refractivity contribution < 1.29 is 45.5 Å². The van der Waals surface area contributed by atoms with Crippen LogP contribution in [0.25, 0.3) is 0 Å². The highest BCUT2D eigenvalue weighted by atomic mass is 19.4. The lowest BCUT2D eigenvalue weighted by Gasteiger charge is -2.30. The molecule has 2 aliphatic rings. The molecule has 0 aromatic heterocycles. The Hall–Kier alpha value is -4.03. The Morgan fingerprint density at radius 3 is 2.28 bits per heavy atom. The van der Waals surface area contributed by atoms with Crippen molar-refractivity contribution in [2.24, 2.45) is 17.8 Å². The molecule has 2 unspecified atom stereocenters. The summed E-state index contributed by atoms with van der Waals surface area (Å²) in [6.45, 7) is 0. The van der Waals surface area contributed by atoms with Gasteiger partial charge >= 0.3 is 6.18 Å². The van der Waals surface area contributed by atoms with Crippen molar-refractivity contribution in [2.45, 2.75) is 25.1 Å². The van der Waals surface area contributed by atoms with Gasteiger partial charge in [0, 0.05) is 36.8 Å². The highest BCUT2D eigenvalue weighted by molar-refractivity contribution is 5.99. The van der Waals surface area contributed by atoms with Crippen molar-refractivity contribution in [3.63, 3.8) is 0 Å². The molecule has 39 heavy (non-hydrogen) atoms. The Morgan fingerprint density at radius 2 is 1.64 bits per heavy atom. The number of halogens is 6. The van der Waals surface area contributed by atoms with Crippen molar-refractivity contribution in [1.82, 2.24) is 10.6 Å². The zero-order valence-corrected chi connectivity index (χ0v) is 20.6. The van der Waals surface area contributed by atoms with E-state index >= 15 is 0 Å². The van der Waals surface area contributed by atoms with Crippen molar-refractivity contribution in [3.05, 3.63) is 70.6 Å². The van der Waals surface area contributed by atoms with E-state index in [-0.39, 0.29) is 17.0 Å². The van der Waals surface area contributed by atoms with Gasteiger partial charge in [-0.2, -0.15) is 13.2 Å². The molecule has 0 heterocycles. The van der Waals surface area contributed by atoms with Gasteiger partial charge < -0.3 is 20.7 Å². The molecule has 2 aliphatic carbocycles. The first-order valence-electron chi connectivity index (χ1n) is 11.8.